The summed E-state index contributed by atoms with van der Waals surface area (Å²) in [6, 6.07) is 22.4. The number of sulfone groups is 2. The Morgan fingerprint density at radius 1 is 0.829 bits per heavy atom. The summed E-state index contributed by atoms with van der Waals surface area (Å²) in [7, 11) is -4.84. The van der Waals surface area contributed by atoms with Crippen LogP contribution in [0.2, 0.25) is 0 Å². The van der Waals surface area contributed by atoms with Crippen LogP contribution in [0.4, 0.5) is 0 Å². The number of rotatable bonds is 7. The van der Waals surface area contributed by atoms with Crippen LogP contribution in [0.25, 0.3) is 33.7 Å². The molecule has 0 radical (unpaired) electrons. The lowest BCUT2D eigenvalue weighted by atomic mass is 9.91. The van der Waals surface area contributed by atoms with Gasteiger partial charge < -0.3 is 4.57 Å². The first-order chi connectivity index (χ1) is 19.3. The first-order valence-electron chi connectivity index (χ1n) is 12.9. The molecule has 2 heterocycles. The maximum absolute atomic E-state index is 12.7. The summed E-state index contributed by atoms with van der Waals surface area (Å²) in [4.78, 5) is 9.36. The molecule has 0 atom stereocenters. The van der Waals surface area contributed by atoms with E-state index in [1.807, 2.05) is 72.4 Å². The molecule has 0 saturated heterocycles. The van der Waals surface area contributed by atoms with Gasteiger partial charge in [0.25, 0.3) is 0 Å². The van der Waals surface area contributed by atoms with Crippen molar-refractivity contribution in [1.29, 1.82) is 0 Å². The molecule has 210 valence electrons. The Morgan fingerprint density at radius 3 is 2.20 bits per heavy atom. The average molecular weight is 586 g/mol. The highest BCUT2D eigenvalue weighted by molar-refractivity contribution is 7.91. The molecule has 2 aromatic heterocycles. The summed E-state index contributed by atoms with van der Waals surface area (Å²) >= 11 is 0. The summed E-state index contributed by atoms with van der Waals surface area (Å²) in [5.41, 5.74) is 5.70. The van der Waals surface area contributed by atoms with E-state index in [1.54, 1.807) is 50.5 Å². The van der Waals surface area contributed by atoms with E-state index in [0.29, 0.717) is 5.56 Å². The highest BCUT2D eigenvalue weighted by Gasteiger charge is 2.33. The molecule has 3 aromatic carbocycles. The standard InChI is InChI=1S/C32H31N3O4S2/c1-32(2,41(5,38)39)26-19-25-10-7-15-34-31(25)29(20-26)24-9-6-8-23(18-24)28(21-30-33-16-17-35(30)3)22-11-13-27(14-12-22)40(4,36)37/h6-21H,1-5H3/b28-21+. The van der Waals surface area contributed by atoms with E-state index in [2.05, 4.69) is 9.97 Å². The summed E-state index contributed by atoms with van der Waals surface area (Å²) in [5.74, 6) is 0.738. The van der Waals surface area contributed by atoms with E-state index in [4.69, 9.17) is 0 Å². The zero-order chi connectivity index (χ0) is 29.6. The molecule has 5 rings (SSSR count). The largest absolute Gasteiger partial charge is 0.335 e. The number of fused-ring (bicyclic) bond motifs is 1. The molecule has 41 heavy (non-hydrogen) atoms. The van der Waals surface area contributed by atoms with Gasteiger partial charge in [-0.05, 0) is 84.1 Å². The normalized spacial score (nSPS) is 13.0. The third-order valence-corrected chi connectivity index (χ3v) is 10.8. The number of nitrogens with zero attached hydrogens (tertiary/aromatic N) is 3. The molecule has 0 aliphatic rings. The molecule has 7 nitrogen and oxygen atoms in total. The van der Waals surface area contributed by atoms with Gasteiger partial charge in [-0.3, -0.25) is 4.98 Å². The first-order valence-corrected chi connectivity index (χ1v) is 16.7. The molecule has 0 aliphatic carbocycles. The Balaban J connectivity index is 1.72. The Kier molecular flexibility index (Phi) is 7.21. The second-order valence-electron chi connectivity index (χ2n) is 10.7. The lowest BCUT2D eigenvalue weighted by molar-refractivity contribution is 0.561. The highest BCUT2D eigenvalue weighted by Crippen LogP contribution is 2.37. The molecule has 0 amide bonds. The van der Waals surface area contributed by atoms with Crippen molar-refractivity contribution in [1.82, 2.24) is 14.5 Å². The first kappa shape index (κ1) is 28.4. The van der Waals surface area contributed by atoms with E-state index in [0.717, 1.165) is 44.6 Å². The molecule has 0 N–H and O–H groups in total. The number of imidazole rings is 1. The second-order valence-corrected chi connectivity index (χ2v) is 15.3. The summed E-state index contributed by atoms with van der Waals surface area (Å²) < 4.78 is 50.4. The van der Waals surface area contributed by atoms with Gasteiger partial charge in [0.15, 0.2) is 19.7 Å². The fourth-order valence-corrected chi connectivity index (χ4v) is 5.87. The maximum atomic E-state index is 12.7. The number of aryl methyl sites for hydroxylation is 1. The van der Waals surface area contributed by atoms with Gasteiger partial charge >= 0.3 is 0 Å². The van der Waals surface area contributed by atoms with Crippen molar-refractivity contribution >= 4 is 42.2 Å². The molecule has 0 saturated carbocycles. The van der Waals surface area contributed by atoms with Gasteiger partial charge in [-0.15, -0.1) is 0 Å². The van der Waals surface area contributed by atoms with Crippen molar-refractivity contribution in [2.75, 3.05) is 12.5 Å². The van der Waals surface area contributed by atoms with E-state index in [9.17, 15) is 16.8 Å². The van der Waals surface area contributed by atoms with Gasteiger partial charge in [-0.2, -0.15) is 0 Å². The minimum atomic E-state index is -3.41. The zero-order valence-corrected chi connectivity index (χ0v) is 25.2. The average Bonchev–Trinajstić information content (AvgIpc) is 3.34. The molecule has 5 aromatic rings. The minimum Gasteiger partial charge on any atom is -0.335 e. The molecule has 0 unspecified atom stereocenters. The van der Waals surface area contributed by atoms with Crippen LogP contribution >= 0.6 is 0 Å². The van der Waals surface area contributed by atoms with Crippen molar-refractivity contribution in [3.05, 3.63) is 114 Å². The van der Waals surface area contributed by atoms with Gasteiger partial charge in [-0.25, -0.2) is 21.8 Å². The Bertz CT molecular complexity index is 2020. The highest BCUT2D eigenvalue weighted by atomic mass is 32.2. The Hall–Kier alpha value is -4.08. The van der Waals surface area contributed by atoms with Crippen LogP contribution < -0.4 is 0 Å². The molecular formula is C32H31N3O4S2. The number of benzene rings is 3. The third kappa shape index (κ3) is 5.60. The molecule has 0 fully saturated rings. The molecule has 0 bridgehead atoms. The lowest BCUT2D eigenvalue weighted by Gasteiger charge is -2.24. The number of pyridine rings is 1. The number of hydrogen-bond donors (Lipinski definition) is 0. The van der Waals surface area contributed by atoms with Crippen LogP contribution in [0, 0.1) is 0 Å². The second kappa shape index (κ2) is 10.4. The van der Waals surface area contributed by atoms with E-state index in [-0.39, 0.29) is 4.90 Å². The van der Waals surface area contributed by atoms with Gasteiger partial charge in [-0.1, -0.05) is 36.4 Å². The van der Waals surface area contributed by atoms with Crippen molar-refractivity contribution in [3.63, 3.8) is 0 Å². The van der Waals surface area contributed by atoms with Gasteiger partial charge in [0, 0.05) is 49.1 Å². The van der Waals surface area contributed by atoms with Crippen molar-refractivity contribution in [2.45, 2.75) is 23.5 Å². The zero-order valence-electron chi connectivity index (χ0n) is 23.5. The minimum absolute atomic E-state index is 0.245. The Labute approximate surface area is 241 Å². The molecule has 0 spiro atoms. The van der Waals surface area contributed by atoms with Crippen LogP contribution in [-0.4, -0.2) is 43.9 Å². The fourth-order valence-electron chi connectivity index (χ4n) is 4.69. The van der Waals surface area contributed by atoms with Crippen LogP contribution in [0.1, 0.15) is 36.4 Å². The molecule has 9 heteroatoms. The number of hydrogen-bond acceptors (Lipinski definition) is 6. The predicted molar refractivity (Wildman–Crippen MR) is 165 cm³/mol. The van der Waals surface area contributed by atoms with E-state index < -0.39 is 24.4 Å². The van der Waals surface area contributed by atoms with E-state index in [1.165, 1.54) is 12.5 Å². The van der Waals surface area contributed by atoms with Crippen LogP contribution in [-0.2, 0) is 31.5 Å². The predicted octanol–water partition coefficient (Wildman–Crippen LogP) is 5.91. The quantitative estimate of drug-likeness (QED) is 0.236. The van der Waals surface area contributed by atoms with Crippen molar-refractivity contribution in [3.8, 4) is 11.1 Å². The van der Waals surface area contributed by atoms with E-state index >= 15 is 0 Å². The smallest absolute Gasteiger partial charge is 0.175 e. The summed E-state index contributed by atoms with van der Waals surface area (Å²) in [5, 5.41) is 0.849. The lowest BCUT2D eigenvalue weighted by Crippen LogP contribution is -2.28. The topological polar surface area (TPSA) is 99.0 Å². The van der Waals surface area contributed by atoms with Gasteiger partial charge in [0.2, 0.25) is 0 Å². The van der Waals surface area contributed by atoms with Gasteiger partial charge in [0.1, 0.15) is 5.82 Å². The number of aromatic nitrogens is 3. The van der Waals surface area contributed by atoms with Crippen LogP contribution in [0.3, 0.4) is 0 Å². The van der Waals surface area contributed by atoms with Crippen molar-refractivity contribution < 1.29 is 16.8 Å². The third-order valence-electron chi connectivity index (χ3n) is 7.54. The SMILES string of the molecule is Cn1ccnc1/C=C(\c1ccc(S(C)(=O)=O)cc1)c1cccc(-c2cc(C(C)(C)S(C)(=O)=O)cc3cccnc23)c1. The molecular weight excluding hydrogens is 555 g/mol. The summed E-state index contributed by atoms with van der Waals surface area (Å²) in [6.07, 6.45) is 9.72. The van der Waals surface area contributed by atoms with Crippen molar-refractivity contribution in [2.24, 2.45) is 7.05 Å². The summed E-state index contributed by atoms with van der Waals surface area (Å²) in [6.45, 7) is 3.43. The van der Waals surface area contributed by atoms with Crippen LogP contribution in [0.15, 0.2) is 96.3 Å². The Morgan fingerprint density at radius 2 is 1.56 bits per heavy atom. The molecule has 0 aliphatic heterocycles. The maximum Gasteiger partial charge on any atom is 0.175 e. The van der Waals surface area contributed by atoms with Gasteiger partial charge in [0.05, 0.1) is 15.2 Å². The fraction of sp³-hybridized carbons (Fsp3) is 0.188. The monoisotopic (exact) mass is 585 g/mol. The van der Waals surface area contributed by atoms with Crippen LogP contribution in [0.5, 0.6) is 0 Å².